The minimum atomic E-state index is -0.189. The van der Waals surface area contributed by atoms with Crippen LogP contribution in [0.4, 0.5) is 41.1 Å². The second kappa shape index (κ2) is 17.9. The number of benzene rings is 1. The molecule has 3 aromatic rings. The molecule has 0 bridgehead atoms. The Morgan fingerprint density at radius 2 is 1.36 bits per heavy atom. The van der Waals surface area contributed by atoms with Gasteiger partial charge in [0, 0.05) is 55.8 Å². The molecule has 0 atom stereocenters. The van der Waals surface area contributed by atoms with Gasteiger partial charge in [0.2, 0.25) is 23.8 Å². The van der Waals surface area contributed by atoms with E-state index < -0.39 is 0 Å². The van der Waals surface area contributed by atoms with Gasteiger partial charge in [-0.25, -0.2) is 10.2 Å². The van der Waals surface area contributed by atoms with Crippen LogP contribution in [0.3, 0.4) is 0 Å². The molecule has 19 heteroatoms. The second-order valence-electron chi connectivity index (χ2n) is 8.20. The van der Waals surface area contributed by atoms with Gasteiger partial charge in [0.15, 0.2) is 0 Å². The molecule has 2 heterocycles. The van der Waals surface area contributed by atoms with E-state index in [9.17, 15) is 20.4 Å². The standard InChI is InChI=1S/C23H33N11O7S/c1-16-25-20(31-22(26-16)33(6-10-35)7-11-36)27-17-3-2-4-18(15-17)28-21-29-19(24-5-14-42-41-40-39)30-23(32-21)34(8-12-37)9-13-38/h2-5,15,35-39H,6-14H2,1H3,(H,25,26,27,31)(H,28,29,30,32)/b24-5-. The number of anilines is 6. The largest absolute Gasteiger partial charge is 0.395 e. The van der Waals surface area contributed by atoms with E-state index in [0.717, 1.165) is 12.0 Å². The van der Waals surface area contributed by atoms with Crippen LogP contribution in [0.25, 0.3) is 0 Å². The molecule has 228 valence electrons. The Kier molecular flexibility index (Phi) is 13.9. The van der Waals surface area contributed by atoms with E-state index in [-0.39, 0.29) is 82.2 Å². The normalized spacial score (nSPS) is 11.2. The summed E-state index contributed by atoms with van der Waals surface area (Å²) >= 11 is 0.785. The number of hydrogen-bond donors (Lipinski definition) is 7. The first-order valence-electron chi connectivity index (χ1n) is 12.7. The van der Waals surface area contributed by atoms with Crippen molar-refractivity contribution in [1.82, 2.24) is 29.9 Å². The first-order chi connectivity index (χ1) is 20.5. The molecule has 0 amide bonds. The molecule has 3 rings (SSSR count). The van der Waals surface area contributed by atoms with Gasteiger partial charge >= 0.3 is 0 Å². The van der Waals surface area contributed by atoms with Gasteiger partial charge in [-0.05, 0) is 25.1 Å². The minimum absolute atomic E-state index is 0.0479. The van der Waals surface area contributed by atoms with Crippen molar-refractivity contribution < 1.29 is 35.1 Å². The monoisotopic (exact) mass is 607 g/mol. The first-order valence-corrected chi connectivity index (χ1v) is 13.6. The Hall–Kier alpha value is -3.82. The van der Waals surface area contributed by atoms with Gasteiger partial charge in [-0.15, -0.1) is 4.33 Å². The molecule has 42 heavy (non-hydrogen) atoms. The number of aliphatic imine (C=N–C) groups is 1. The molecule has 1 aromatic carbocycles. The van der Waals surface area contributed by atoms with E-state index in [1.807, 2.05) is 0 Å². The molecule has 0 fully saturated rings. The average molecular weight is 608 g/mol. The van der Waals surface area contributed by atoms with E-state index in [4.69, 9.17) is 5.26 Å². The Labute approximate surface area is 245 Å². The maximum atomic E-state index is 9.46. The Bertz CT molecular complexity index is 1270. The molecule has 0 saturated carbocycles. The molecule has 0 aliphatic carbocycles. The molecule has 0 aliphatic heterocycles. The van der Waals surface area contributed by atoms with E-state index in [0.29, 0.717) is 23.1 Å². The summed E-state index contributed by atoms with van der Waals surface area (Å²) in [6.07, 6.45) is 1.44. The minimum Gasteiger partial charge on any atom is -0.395 e. The third kappa shape index (κ3) is 10.5. The van der Waals surface area contributed by atoms with Crippen LogP contribution in [0.15, 0.2) is 29.3 Å². The zero-order valence-corrected chi connectivity index (χ0v) is 23.6. The summed E-state index contributed by atoms with van der Waals surface area (Å²) in [7, 11) is 0. The van der Waals surface area contributed by atoms with Crippen molar-refractivity contribution in [2.75, 3.05) is 78.8 Å². The van der Waals surface area contributed by atoms with Gasteiger partial charge in [0.25, 0.3) is 5.95 Å². The molecule has 0 aliphatic rings. The van der Waals surface area contributed by atoms with Gasteiger partial charge in [-0.1, -0.05) is 11.1 Å². The Morgan fingerprint density at radius 3 is 1.90 bits per heavy atom. The maximum Gasteiger partial charge on any atom is 0.255 e. The number of aryl methyl sites for hydroxylation is 1. The molecule has 0 spiro atoms. The summed E-state index contributed by atoms with van der Waals surface area (Å²) in [6.45, 7) is 1.93. The van der Waals surface area contributed by atoms with E-state index in [1.54, 1.807) is 41.0 Å². The van der Waals surface area contributed by atoms with Crippen LogP contribution in [-0.4, -0.2) is 120 Å². The highest BCUT2D eigenvalue weighted by molar-refractivity contribution is 7.95. The highest BCUT2D eigenvalue weighted by Crippen LogP contribution is 2.23. The topological polar surface area (TPSA) is 240 Å². The van der Waals surface area contributed by atoms with E-state index >= 15 is 0 Å². The van der Waals surface area contributed by atoms with Crippen LogP contribution in [0.2, 0.25) is 0 Å². The zero-order valence-electron chi connectivity index (χ0n) is 22.7. The van der Waals surface area contributed by atoms with Crippen LogP contribution < -0.4 is 20.4 Å². The lowest BCUT2D eigenvalue weighted by molar-refractivity contribution is -0.432. The predicted molar refractivity (Wildman–Crippen MR) is 156 cm³/mol. The van der Waals surface area contributed by atoms with Crippen LogP contribution >= 0.6 is 12.0 Å². The van der Waals surface area contributed by atoms with Gasteiger partial charge < -0.3 is 40.9 Å². The Morgan fingerprint density at radius 1 is 0.810 bits per heavy atom. The molecular formula is C23H33N11O7S. The number of hydrogen-bond acceptors (Lipinski definition) is 19. The lowest BCUT2D eigenvalue weighted by Crippen LogP contribution is -2.31. The summed E-state index contributed by atoms with van der Waals surface area (Å²) < 4.78 is 4.31. The highest BCUT2D eigenvalue weighted by atomic mass is 32.2. The van der Waals surface area contributed by atoms with E-state index in [1.165, 1.54) is 6.21 Å². The average Bonchev–Trinajstić information content (AvgIpc) is 2.96. The number of nitrogens with zero attached hydrogens (tertiary/aromatic N) is 9. The molecule has 2 aromatic heterocycles. The first kappa shape index (κ1) is 32.7. The predicted octanol–water partition coefficient (Wildman–Crippen LogP) is 0.206. The van der Waals surface area contributed by atoms with E-state index in [2.05, 4.69) is 54.9 Å². The summed E-state index contributed by atoms with van der Waals surface area (Å²) in [4.78, 5) is 33.6. The second-order valence-corrected chi connectivity index (χ2v) is 8.91. The highest BCUT2D eigenvalue weighted by Gasteiger charge is 2.15. The maximum absolute atomic E-state index is 9.46. The van der Waals surface area contributed by atoms with Gasteiger partial charge in [-0.2, -0.15) is 29.9 Å². The van der Waals surface area contributed by atoms with Crippen LogP contribution in [-0.2, 0) is 9.37 Å². The van der Waals surface area contributed by atoms with Crippen molar-refractivity contribution in [2.24, 2.45) is 4.99 Å². The van der Waals surface area contributed by atoms with Crippen molar-refractivity contribution >= 4 is 59.4 Å². The summed E-state index contributed by atoms with van der Waals surface area (Å²) in [5.74, 6) is 1.63. The molecule has 7 N–H and O–H groups in total. The van der Waals surface area contributed by atoms with Crippen molar-refractivity contribution in [2.45, 2.75) is 6.92 Å². The number of aromatic nitrogens is 6. The summed E-state index contributed by atoms with van der Waals surface area (Å²) in [5.41, 5.74) is 1.23. The SMILES string of the molecule is Cc1nc(Nc2cccc(Nc3nc(/N=C\CSOOO)nc(N(CCO)CCO)n3)c2)nc(N(CCO)CCO)n1. The fourth-order valence-electron chi connectivity index (χ4n) is 3.51. The lowest BCUT2D eigenvalue weighted by atomic mass is 10.3. The Balaban J connectivity index is 1.85. The van der Waals surface area contributed by atoms with Crippen LogP contribution in [0.1, 0.15) is 5.82 Å². The smallest absolute Gasteiger partial charge is 0.255 e. The molecule has 18 nitrogen and oxygen atoms in total. The lowest BCUT2D eigenvalue weighted by Gasteiger charge is -2.21. The number of aliphatic hydroxyl groups excluding tert-OH is 4. The third-order valence-electron chi connectivity index (χ3n) is 5.20. The molecule has 0 saturated heterocycles. The summed E-state index contributed by atoms with van der Waals surface area (Å²) in [6, 6.07) is 7.15. The van der Waals surface area contributed by atoms with Crippen LogP contribution in [0.5, 0.6) is 0 Å². The van der Waals surface area contributed by atoms with Crippen molar-refractivity contribution in [1.29, 1.82) is 0 Å². The number of rotatable bonds is 19. The third-order valence-corrected chi connectivity index (χ3v) is 5.64. The summed E-state index contributed by atoms with van der Waals surface area (Å²) in [5, 5.41) is 55.6. The molecule has 0 radical (unpaired) electrons. The number of nitrogens with one attached hydrogen (secondary N) is 2. The van der Waals surface area contributed by atoms with Gasteiger partial charge in [0.1, 0.15) is 5.82 Å². The quantitative estimate of drug-likeness (QED) is 0.0316. The fourth-order valence-corrected chi connectivity index (χ4v) is 3.75. The van der Waals surface area contributed by atoms with Crippen molar-refractivity contribution in [3.8, 4) is 0 Å². The van der Waals surface area contributed by atoms with Gasteiger partial charge in [0.05, 0.1) is 32.2 Å². The fraction of sp³-hybridized carbons (Fsp3) is 0.435. The van der Waals surface area contributed by atoms with Crippen LogP contribution in [0, 0.1) is 6.92 Å². The molecule has 0 unspecified atom stereocenters. The van der Waals surface area contributed by atoms with Gasteiger partial charge in [-0.3, -0.25) is 0 Å². The number of aliphatic hydroxyl groups is 4. The van der Waals surface area contributed by atoms with Crippen molar-refractivity contribution in [3.63, 3.8) is 0 Å². The molecular weight excluding hydrogens is 574 g/mol. The zero-order chi connectivity index (χ0) is 30.2. The van der Waals surface area contributed by atoms with Crippen molar-refractivity contribution in [3.05, 3.63) is 30.1 Å².